The van der Waals surface area contributed by atoms with Crippen molar-refractivity contribution in [3.8, 4) is 0 Å². The maximum absolute atomic E-state index is 12.7. The zero-order valence-corrected chi connectivity index (χ0v) is 15.2. The number of aryl methyl sites for hydroxylation is 2. The van der Waals surface area contributed by atoms with Gasteiger partial charge in [-0.15, -0.1) is 0 Å². The Balaban J connectivity index is 1.45. The number of carbonyl (C=O) groups is 1. The van der Waals surface area contributed by atoms with Crippen molar-refractivity contribution in [2.45, 2.75) is 45.6 Å². The minimum Gasteiger partial charge on any atom is -0.381 e. The van der Waals surface area contributed by atoms with Gasteiger partial charge in [0.25, 0.3) is 0 Å². The van der Waals surface area contributed by atoms with Crippen LogP contribution >= 0.6 is 0 Å². The molecular weight excluding hydrogens is 316 g/mol. The minimum atomic E-state index is 0.115. The van der Waals surface area contributed by atoms with Crippen LogP contribution in [0.5, 0.6) is 0 Å². The summed E-state index contributed by atoms with van der Waals surface area (Å²) in [6.45, 7) is 7.22. The molecule has 2 atom stereocenters. The molecule has 3 heterocycles. The van der Waals surface area contributed by atoms with E-state index in [4.69, 9.17) is 9.72 Å². The van der Waals surface area contributed by atoms with Crippen LogP contribution in [-0.2, 0) is 9.53 Å². The summed E-state index contributed by atoms with van der Waals surface area (Å²) in [6, 6.07) is 0.228. The summed E-state index contributed by atoms with van der Waals surface area (Å²) in [5.74, 6) is 2.56. The van der Waals surface area contributed by atoms with Crippen molar-refractivity contribution >= 4 is 11.7 Å². The number of anilines is 1. The molecule has 0 spiro atoms. The molecule has 3 aliphatic rings. The Morgan fingerprint density at radius 1 is 1.16 bits per heavy atom. The lowest BCUT2D eigenvalue weighted by atomic mass is 9.95. The second-order valence-corrected chi connectivity index (χ2v) is 7.81. The van der Waals surface area contributed by atoms with E-state index in [1.165, 1.54) is 12.8 Å². The van der Waals surface area contributed by atoms with Crippen molar-refractivity contribution in [2.24, 2.45) is 17.8 Å². The van der Waals surface area contributed by atoms with Gasteiger partial charge in [0, 0.05) is 38.1 Å². The van der Waals surface area contributed by atoms with E-state index >= 15 is 0 Å². The first-order valence-corrected chi connectivity index (χ1v) is 9.55. The van der Waals surface area contributed by atoms with Gasteiger partial charge in [-0.3, -0.25) is 9.78 Å². The molecule has 0 radical (unpaired) electrons. The molecule has 1 amide bonds. The first kappa shape index (κ1) is 16.8. The van der Waals surface area contributed by atoms with Crippen molar-refractivity contribution in [2.75, 3.05) is 31.2 Å². The van der Waals surface area contributed by atoms with Crippen LogP contribution in [0.25, 0.3) is 0 Å². The Bertz CT molecular complexity index is 640. The van der Waals surface area contributed by atoms with Crippen LogP contribution in [0.2, 0.25) is 0 Å². The summed E-state index contributed by atoms with van der Waals surface area (Å²) in [4.78, 5) is 24.1. The van der Waals surface area contributed by atoms with Gasteiger partial charge in [0.15, 0.2) is 0 Å². The highest BCUT2D eigenvalue weighted by molar-refractivity contribution is 5.79. The normalized spacial score (nSPS) is 27.5. The van der Waals surface area contributed by atoms with Crippen LogP contribution < -0.4 is 10.2 Å². The Hall–Kier alpha value is -1.69. The fourth-order valence-electron chi connectivity index (χ4n) is 4.11. The van der Waals surface area contributed by atoms with Gasteiger partial charge in [-0.2, -0.15) is 0 Å². The molecule has 4 rings (SSSR count). The number of nitrogens with one attached hydrogen (secondary N) is 1. The van der Waals surface area contributed by atoms with Gasteiger partial charge in [-0.05, 0) is 45.4 Å². The maximum Gasteiger partial charge on any atom is 0.223 e. The second-order valence-electron chi connectivity index (χ2n) is 7.81. The highest BCUT2D eigenvalue weighted by atomic mass is 16.5. The predicted molar refractivity (Wildman–Crippen MR) is 95.4 cm³/mol. The van der Waals surface area contributed by atoms with Gasteiger partial charge in [0.1, 0.15) is 5.82 Å². The van der Waals surface area contributed by atoms with E-state index in [2.05, 4.69) is 15.2 Å². The number of aromatic nitrogens is 2. The first-order valence-electron chi connectivity index (χ1n) is 9.55. The minimum absolute atomic E-state index is 0.115. The molecule has 0 bridgehead atoms. The molecule has 1 aromatic heterocycles. The van der Waals surface area contributed by atoms with Gasteiger partial charge in [-0.1, -0.05) is 0 Å². The number of rotatable bonds is 4. The van der Waals surface area contributed by atoms with Crippen molar-refractivity contribution < 1.29 is 9.53 Å². The highest BCUT2D eigenvalue weighted by Crippen LogP contribution is 2.42. The molecule has 2 saturated heterocycles. The van der Waals surface area contributed by atoms with Crippen LogP contribution in [0, 0.1) is 31.6 Å². The molecule has 1 saturated carbocycles. The average Bonchev–Trinajstić information content (AvgIpc) is 3.39. The van der Waals surface area contributed by atoms with Crippen LogP contribution in [0.3, 0.4) is 0 Å². The number of carbonyl (C=O) groups excluding carboxylic acids is 1. The Morgan fingerprint density at radius 3 is 2.60 bits per heavy atom. The van der Waals surface area contributed by atoms with Gasteiger partial charge in [0.05, 0.1) is 23.6 Å². The predicted octanol–water partition coefficient (Wildman–Crippen LogP) is 1.85. The van der Waals surface area contributed by atoms with E-state index in [1.807, 2.05) is 20.0 Å². The van der Waals surface area contributed by atoms with Crippen LogP contribution in [0.15, 0.2) is 6.20 Å². The van der Waals surface area contributed by atoms with E-state index in [1.54, 1.807) is 0 Å². The number of nitrogens with zero attached hydrogens (tertiary/aromatic N) is 3. The Morgan fingerprint density at radius 2 is 1.92 bits per heavy atom. The molecule has 0 unspecified atom stereocenters. The highest BCUT2D eigenvalue weighted by Gasteiger charge is 2.44. The van der Waals surface area contributed by atoms with Crippen LogP contribution in [-0.4, -0.2) is 48.2 Å². The third-order valence-corrected chi connectivity index (χ3v) is 6.02. The first-order chi connectivity index (χ1) is 12.1. The quantitative estimate of drug-likeness (QED) is 0.903. The molecular formula is C19H28N4O2. The number of hydrogen-bond acceptors (Lipinski definition) is 5. The Kier molecular flexibility index (Phi) is 4.63. The Labute approximate surface area is 149 Å². The molecule has 25 heavy (non-hydrogen) atoms. The molecule has 1 N–H and O–H groups in total. The van der Waals surface area contributed by atoms with Crippen molar-refractivity contribution in [3.63, 3.8) is 0 Å². The lowest BCUT2D eigenvalue weighted by Gasteiger charge is -2.25. The van der Waals surface area contributed by atoms with E-state index in [-0.39, 0.29) is 17.9 Å². The van der Waals surface area contributed by atoms with Gasteiger partial charge >= 0.3 is 0 Å². The number of ether oxygens (including phenoxy) is 1. The molecule has 2 aliphatic heterocycles. The lowest BCUT2D eigenvalue weighted by molar-refractivity contribution is -0.128. The van der Waals surface area contributed by atoms with Crippen LogP contribution in [0.4, 0.5) is 5.82 Å². The zero-order chi connectivity index (χ0) is 17.4. The standard InChI is InChI=1S/C19H28N4O2/c1-12-13(2)21-18(9-20-12)23-10-16(14-3-4-14)17(11-23)22-19(24)15-5-7-25-8-6-15/h9,14-17H,3-8,10-11H2,1-2H3,(H,22,24)/t16-,17+/m1/s1. The van der Waals surface area contributed by atoms with Gasteiger partial charge in [0.2, 0.25) is 5.91 Å². The van der Waals surface area contributed by atoms with E-state index in [0.717, 1.165) is 49.1 Å². The van der Waals surface area contributed by atoms with Gasteiger partial charge in [-0.25, -0.2) is 4.98 Å². The topological polar surface area (TPSA) is 67.4 Å². The lowest BCUT2D eigenvalue weighted by Crippen LogP contribution is -2.45. The molecule has 1 aromatic rings. The largest absolute Gasteiger partial charge is 0.381 e. The fraction of sp³-hybridized carbons (Fsp3) is 0.737. The van der Waals surface area contributed by atoms with Crippen molar-refractivity contribution in [1.82, 2.24) is 15.3 Å². The fourth-order valence-corrected chi connectivity index (χ4v) is 4.11. The third kappa shape index (κ3) is 3.64. The van der Waals surface area contributed by atoms with E-state index < -0.39 is 0 Å². The molecule has 3 fully saturated rings. The van der Waals surface area contributed by atoms with Gasteiger partial charge < -0.3 is 15.0 Å². The smallest absolute Gasteiger partial charge is 0.223 e. The molecule has 6 heteroatoms. The summed E-state index contributed by atoms with van der Waals surface area (Å²) in [6.07, 6.45) is 6.15. The maximum atomic E-state index is 12.7. The summed E-state index contributed by atoms with van der Waals surface area (Å²) in [5, 5.41) is 3.36. The van der Waals surface area contributed by atoms with Crippen molar-refractivity contribution in [3.05, 3.63) is 17.6 Å². The molecule has 136 valence electrons. The summed E-state index contributed by atoms with van der Waals surface area (Å²) in [7, 11) is 0. The van der Waals surface area contributed by atoms with Crippen LogP contribution in [0.1, 0.15) is 37.1 Å². The van der Waals surface area contributed by atoms with E-state index in [0.29, 0.717) is 19.1 Å². The average molecular weight is 344 g/mol. The molecule has 6 nitrogen and oxygen atoms in total. The summed E-state index contributed by atoms with van der Waals surface area (Å²) < 4.78 is 5.38. The monoisotopic (exact) mass is 344 g/mol. The number of amides is 1. The zero-order valence-electron chi connectivity index (χ0n) is 15.2. The number of hydrogen-bond donors (Lipinski definition) is 1. The second kappa shape index (κ2) is 6.90. The van der Waals surface area contributed by atoms with Crippen molar-refractivity contribution in [1.29, 1.82) is 0 Å². The SMILES string of the molecule is Cc1ncc(N2C[C@H](NC(=O)C3CCOCC3)[C@@H](C3CC3)C2)nc1C. The molecule has 0 aromatic carbocycles. The summed E-state index contributed by atoms with van der Waals surface area (Å²) in [5.41, 5.74) is 1.96. The third-order valence-electron chi connectivity index (χ3n) is 6.02. The van der Waals surface area contributed by atoms with E-state index in [9.17, 15) is 4.79 Å². The molecule has 1 aliphatic carbocycles. The summed E-state index contributed by atoms with van der Waals surface area (Å²) >= 11 is 0.